The normalized spacial score (nSPS) is 11.9. The van der Waals surface area contributed by atoms with Gasteiger partial charge < -0.3 is 30.0 Å². The maximum absolute atomic E-state index is 10.1. The summed E-state index contributed by atoms with van der Waals surface area (Å²) in [6.07, 6.45) is -3.03. The fraction of sp³-hybridized carbons (Fsp3) is 0.125. The van der Waals surface area contributed by atoms with Crippen LogP contribution < -0.4 is 10.2 Å². The molecule has 0 aliphatic carbocycles. The molecule has 2 aromatic carbocycles. The zero-order valence-corrected chi connectivity index (χ0v) is 14.4. The van der Waals surface area contributed by atoms with Crippen LogP contribution in [0.25, 0.3) is 0 Å². The minimum Gasteiger partial charge on any atom is -0.547 e. The van der Waals surface area contributed by atoms with Gasteiger partial charge in [-0.1, -0.05) is 60.7 Å². The van der Waals surface area contributed by atoms with Gasteiger partial charge in [0.25, 0.3) is 0 Å². The third-order valence-corrected chi connectivity index (χ3v) is 2.68. The largest absolute Gasteiger partial charge is 2.00 e. The number of aliphatic hydroxyl groups is 2. The minimum absolute atomic E-state index is 0. The van der Waals surface area contributed by atoms with Crippen molar-refractivity contribution in [2.45, 2.75) is 12.2 Å². The molecule has 0 heterocycles. The van der Waals surface area contributed by atoms with Crippen molar-refractivity contribution in [1.82, 2.24) is 0 Å². The fourth-order valence-electron chi connectivity index (χ4n) is 1.54. The van der Waals surface area contributed by atoms with Crippen molar-refractivity contribution < 1.29 is 30.0 Å². The first kappa shape index (κ1) is 21.6. The van der Waals surface area contributed by atoms with Crippen LogP contribution in [0.1, 0.15) is 23.3 Å². The number of benzene rings is 2. The molecule has 0 aliphatic rings. The van der Waals surface area contributed by atoms with E-state index in [4.69, 9.17) is 10.2 Å². The van der Waals surface area contributed by atoms with E-state index in [1.807, 2.05) is 0 Å². The molecule has 2 rings (SSSR count). The van der Waals surface area contributed by atoms with Gasteiger partial charge in [0.15, 0.2) is 0 Å². The SMILES string of the molecule is O=C([O-])C(O)c1ccccc1.O=C([O-])[C@@H](O)c1ccccc1.[Ca+2]. The van der Waals surface area contributed by atoms with E-state index in [2.05, 4.69) is 0 Å². The molecule has 0 aromatic heterocycles. The van der Waals surface area contributed by atoms with Gasteiger partial charge in [-0.2, -0.15) is 0 Å². The summed E-state index contributed by atoms with van der Waals surface area (Å²) in [5.74, 6) is -2.95. The summed E-state index contributed by atoms with van der Waals surface area (Å²) in [6.45, 7) is 0. The molecule has 7 heteroatoms. The minimum atomic E-state index is -1.52. The number of carbonyl (C=O) groups excluding carboxylic acids is 2. The van der Waals surface area contributed by atoms with Gasteiger partial charge in [0.05, 0.1) is 11.9 Å². The molecule has 0 amide bonds. The topological polar surface area (TPSA) is 121 Å². The summed E-state index contributed by atoms with van der Waals surface area (Å²) in [5.41, 5.74) is 0.681. The van der Waals surface area contributed by atoms with Crippen molar-refractivity contribution in [3.05, 3.63) is 71.8 Å². The maximum Gasteiger partial charge on any atom is 2.00 e. The molecular formula is C16H14CaO6. The summed E-state index contributed by atoms with van der Waals surface area (Å²) in [5, 5.41) is 38.1. The van der Waals surface area contributed by atoms with Gasteiger partial charge in [-0.15, -0.1) is 0 Å². The first-order valence-electron chi connectivity index (χ1n) is 6.31. The molecule has 2 N–H and O–H groups in total. The summed E-state index contributed by atoms with van der Waals surface area (Å²) in [7, 11) is 0. The molecule has 0 radical (unpaired) electrons. The van der Waals surface area contributed by atoms with Gasteiger partial charge in [0, 0.05) is 0 Å². The van der Waals surface area contributed by atoms with Crippen LogP contribution in [0.5, 0.6) is 0 Å². The van der Waals surface area contributed by atoms with Crippen LogP contribution in [0, 0.1) is 0 Å². The number of hydrogen-bond acceptors (Lipinski definition) is 6. The second-order valence-corrected chi connectivity index (χ2v) is 4.26. The van der Waals surface area contributed by atoms with Gasteiger partial charge in [-0.25, -0.2) is 0 Å². The van der Waals surface area contributed by atoms with Crippen molar-refractivity contribution in [2.75, 3.05) is 0 Å². The first-order valence-corrected chi connectivity index (χ1v) is 6.31. The number of carbonyl (C=O) groups is 2. The molecule has 0 spiro atoms. The Labute approximate surface area is 163 Å². The molecule has 1 unspecified atom stereocenters. The van der Waals surface area contributed by atoms with Crippen LogP contribution in [0.3, 0.4) is 0 Å². The van der Waals surface area contributed by atoms with E-state index in [1.165, 1.54) is 24.3 Å². The Morgan fingerprint density at radius 2 is 0.957 bits per heavy atom. The summed E-state index contributed by atoms with van der Waals surface area (Å²) < 4.78 is 0. The Hall–Kier alpha value is -1.44. The predicted molar refractivity (Wildman–Crippen MR) is 78.6 cm³/mol. The predicted octanol–water partition coefficient (Wildman–Crippen LogP) is -1.44. The first-order chi connectivity index (χ1) is 10.4. The van der Waals surface area contributed by atoms with Crippen LogP contribution in [0.15, 0.2) is 60.7 Å². The van der Waals surface area contributed by atoms with Crippen molar-refractivity contribution >= 4 is 49.7 Å². The Kier molecular flexibility index (Phi) is 10.5. The van der Waals surface area contributed by atoms with Crippen LogP contribution >= 0.6 is 0 Å². The van der Waals surface area contributed by atoms with E-state index < -0.39 is 24.1 Å². The monoisotopic (exact) mass is 342 g/mol. The van der Waals surface area contributed by atoms with Crippen molar-refractivity contribution in [2.24, 2.45) is 0 Å². The van der Waals surface area contributed by atoms with E-state index in [0.717, 1.165) is 0 Å². The standard InChI is InChI=1S/2C8H8O3.Ca/c2*9-7(8(10)11)6-4-2-1-3-5-6;/h2*1-5,7,9H,(H,10,11);/q;;+2/p-2/t7-;;/m0../s1. The second kappa shape index (κ2) is 11.2. The van der Waals surface area contributed by atoms with Crippen molar-refractivity contribution in [3.63, 3.8) is 0 Å². The number of carboxylic acids is 2. The molecule has 2 aromatic rings. The zero-order chi connectivity index (χ0) is 16.5. The average molecular weight is 342 g/mol. The number of aliphatic carboxylic acids is 2. The van der Waals surface area contributed by atoms with Crippen LogP contribution in [-0.4, -0.2) is 59.9 Å². The van der Waals surface area contributed by atoms with Gasteiger partial charge in [0.2, 0.25) is 0 Å². The maximum atomic E-state index is 10.1. The molecular weight excluding hydrogens is 328 g/mol. The Bertz CT molecular complexity index is 547. The molecule has 0 saturated carbocycles. The summed E-state index contributed by atoms with van der Waals surface area (Å²) in [4.78, 5) is 20.3. The van der Waals surface area contributed by atoms with Crippen LogP contribution in [-0.2, 0) is 9.59 Å². The van der Waals surface area contributed by atoms with Gasteiger partial charge in [-0.05, 0) is 11.1 Å². The van der Waals surface area contributed by atoms with E-state index in [1.54, 1.807) is 36.4 Å². The number of aliphatic hydroxyl groups excluding tert-OH is 2. The van der Waals surface area contributed by atoms with Gasteiger partial charge >= 0.3 is 37.7 Å². The quantitative estimate of drug-likeness (QED) is 0.657. The third kappa shape index (κ3) is 7.58. The van der Waals surface area contributed by atoms with Gasteiger partial charge in [0.1, 0.15) is 12.2 Å². The van der Waals surface area contributed by atoms with E-state index in [0.29, 0.717) is 11.1 Å². The molecule has 0 aliphatic heterocycles. The molecule has 116 valence electrons. The van der Waals surface area contributed by atoms with Gasteiger partial charge in [-0.3, -0.25) is 0 Å². The van der Waals surface area contributed by atoms with E-state index >= 15 is 0 Å². The van der Waals surface area contributed by atoms with E-state index in [-0.39, 0.29) is 37.7 Å². The molecule has 0 fully saturated rings. The van der Waals surface area contributed by atoms with Crippen molar-refractivity contribution in [1.29, 1.82) is 0 Å². The second-order valence-electron chi connectivity index (χ2n) is 4.26. The van der Waals surface area contributed by atoms with E-state index in [9.17, 15) is 19.8 Å². The van der Waals surface area contributed by atoms with Crippen LogP contribution in [0.4, 0.5) is 0 Å². The van der Waals surface area contributed by atoms with Crippen LogP contribution in [0.2, 0.25) is 0 Å². The molecule has 6 nitrogen and oxygen atoms in total. The Balaban J connectivity index is 0.000000403. The Morgan fingerprint density at radius 1 is 0.696 bits per heavy atom. The van der Waals surface area contributed by atoms with Crippen molar-refractivity contribution in [3.8, 4) is 0 Å². The number of carboxylic acid groups (broad SMARTS) is 2. The summed E-state index contributed by atoms with van der Waals surface area (Å²) >= 11 is 0. The molecule has 23 heavy (non-hydrogen) atoms. The Morgan fingerprint density at radius 3 is 1.17 bits per heavy atom. The smallest absolute Gasteiger partial charge is 0.547 e. The number of rotatable bonds is 4. The third-order valence-electron chi connectivity index (χ3n) is 2.68. The average Bonchev–Trinajstić information content (AvgIpc) is 2.55. The number of hydrogen-bond donors (Lipinski definition) is 2. The molecule has 0 bridgehead atoms. The molecule has 0 saturated heterocycles. The zero-order valence-electron chi connectivity index (χ0n) is 12.2. The fourth-order valence-corrected chi connectivity index (χ4v) is 1.54. The summed E-state index contributed by atoms with van der Waals surface area (Å²) in [6, 6.07) is 16.2. The molecule has 2 atom stereocenters.